The molecule has 1 N–H and O–H groups in total. The molecule has 0 aliphatic carbocycles. The van der Waals surface area contributed by atoms with Gasteiger partial charge in [-0.2, -0.15) is 0 Å². The fourth-order valence-electron chi connectivity index (χ4n) is 2.54. The molecule has 1 heterocycles. The summed E-state index contributed by atoms with van der Waals surface area (Å²) in [6, 6.07) is 16.5. The minimum atomic E-state index is -0.0781. The molecular formula is C22H23N3O3. The first kappa shape index (κ1) is 19.4. The largest absolute Gasteiger partial charge is 0.497 e. The molecule has 3 aromatic rings. The minimum Gasteiger partial charge on any atom is -0.497 e. The maximum absolute atomic E-state index is 12.2. The normalized spacial score (nSPS) is 11.5. The van der Waals surface area contributed by atoms with E-state index < -0.39 is 0 Å². The highest BCUT2D eigenvalue weighted by Crippen LogP contribution is 2.26. The number of hydrogen-bond acceptors (Lipinski definition) is 5. The van der Waals surface area contributed by atoms with E-state index in [1.807, 2.05) is 44.2 Å². The molecule has 6 nitrogen and oxygen atoms in total. The number of carbonyl (C=O) groups excluding carboxylic acids is 1. The number of methoxy groups -OCH3 is 1. The first-order valence-corrected chi connectivity index (χ1v) is 9.14. The van der Waals surface area contributed by atoms with Gasteiger partial charge in [-0.3, -0.25) is 4.79 Å². The lowest BCUT2D eigenvalue weighted by Crippen LogP contribution is -2.31. The summed E-state index contributed by atoms with van der Waals surface area (Å²) in [6.07, 6.45) is 2.34. The molecule has 0 radical (unpaired) electrons. The Bertz CT molecular complexity index is 942. The van der Waals surface area contributed by atoms with Crippen LogP contribution in [0.1, 0.15) is 30.6 Å². The Labute approximate surface area is 164 Å². The molecule has 0 fully saturated rings. The number of benzene rings is 2. The number of carbonyl (C=O) groups is 1. The van der Waals surface area contributed by atoms with E-state index >= 15 is 0 Å². The van der Waals surface area contributed by atoms with E-state index in [2.05, 4.69) is 15.3 Å². The predicted octanol–water partition coefficient (Wildman–Crippen LogP) is 4.47. The summed E-state index contributed by atoms with van der Waals surface area (Å²) in [5, 5.41) is 2.96. The van der Waals surface area contributed by atoms with E-state index in [0.29, 0.717) is 28.6 Å². The van der Waals surface area contributed by atoms with Crippen molar-refractivity contribution >= 4 is 5.91 Å². The number of nitrogens with zero attached hydrogens (tertiary/aromatic N) is 2. The number of ether oxygens (including phenoxy) is 2. The van der Waals surface area contributed by atoms with Crippen LogP contribution in [0.2, 0.25) is 0 Å². The van der Waals surface area contributed by atoms with Gasteiger partial charge in [0.25, 0.3) is 5.91 Å². The molecule has 6 heteroatoms. The fourth-order valence-corrected chi connectivity index (χ4v) is 2.54. The van der Waals surface area contributed by atoms with E-state index in [4.69, 9.17) is 9.47 Å². The monoisotopic (exact) mass is 377 g/mol. The van der Waals surface area contributed by atoms with Gasteiger partial charge in [0.2, 0.25) is 5.88 Å². The first-order chi connectivity index (χ1) is 13.6. The van der Waals surface area contributed by atoms with E-state index in [1.165, 1.54) is 6.33 Å². The van der Waals surface area contributed by atoms with Gasteiger partial charge in [-0.1, -0.05) is 25.1 Å². The van der Waals surface area contributed by atoms with Crippen molar-refractivity contribution in [1.29, 1.82) is 0 Å². The topological polar surface area (TPSA) is 73.3 Å². The van der Waals surface area contributed by atoms with Crippen LogP contribution in [0.5, 0.6) is 17.4 Å². The quantitative estimate of drug-likeness (QED) is 0.657. The van der Waals surface area contributed by atoms with Crippen LogP contribution >= 0.6 is 0 Å². The van der Waals surface area contributed by atoms with Gasteiger partial charge in [-0.25, -0.2) is 9.97 Å². The standard InChI is InChI=1S/C22H23N3O3/c1-4-15(2)25-22(26)17-10-8-16(9-11-17)20-13-21(24-14-23-20)28-19-7-5-6-18(12-19)27-3/h5-15H,4H2,1-3H3,(H,25,26)/t15-/m0/s1. The Morgan fingerprint density at radius 2 is 1.82 bits per heavy atom. The van der Waals surface area contributed by atoms with E-state index in [1.54, 1.807) is 31.4 Å². The van der Waals surface area contributed by atoms with Crippen molar-refractivity contribution in [3.8, 4) is 28.6 Å². The highest BCUT2D eigenvalue weighted by molar-refractivity contribution is 5.94. The van der Waals surface area contributed by atoms with Crippen LogP contribution in [0, 0.1) is 0 Å². The SMILES string of the molecule is CC[C@H](C)NC(=O)c1ccc(-c2cc(Oc3cccc(OC)c3)ncn2)cc1. The van der Waals surface area contributed by atoms with Crippen LogP contribution in [0.4, 0.5) is 0 Å². The lowest BCUT2D eigenvalue weighted by Gasteiger charge is -2.11. The zero-order valence-electron chi connectivity index (χ0n) is 16.2. The predicted molar refractivity (Wildman–Crippen MR) is 108 cm³/mol. The summed E-state index contributed by atoms with van der Waals surface area (Å²) in [4.78, 5) is 20.7. The summed E-state index contributed by atoms with van der Waals surface area (Å²) in [7, 11) is 1.61. The molecule has 0 saturated carbocycles. The van der Waals surface area contributed by atoms with Crippen molar-refractivity contribution in [3.05, 3.63) is 66.5 Å². The van der Waals surface area contributed by atoms with Gasteiger partial charge in [0.05, 0.1) is 12.8 Å². The molecule has 3 rings (SSSR count). The second-order valence-corrected chi connectivity index (χ2v) is 6.38. The summed E-state index contributed by atoms with van der Waals surface area (Å²) in [5.74, 6) is 1.68. The molecule has 0 aliphatic rings. The average molecular weight is 377 g/mol. The second kappa shape index (κ2) is 8.99. The Kier molecular flexibility index (Phi) is 6.22. The van der Waals surface area contributed by atoms with Gasteiger partial charge in [-0.15, -0.1) is 0 Å². The van der Waals surface area contributed by atoms with Gasteiger partial charge in [-0.05, 0) is 37.6 Å². The number of rotatable bonds is 7. The molecule has 0 unspecified atom stereocenters. The van der Waals surface area contributed by atoms with Crippen LogP contribution in [0.15, 0.2) is 60.9 Å². The van der Waals surface area contributed by atoms with Crippen LogP contribution in [-0.2, 0) is 0 Å². The van der Waals surface area contributed by atoms with Crippen LogP contribution in [0.25, 0.3) is 11.3 Å². The van der Waals surface area contributed by atoms with Crippen LogP contribution in [-0.4, -0.2) is 29.0 Å². The lowest BCUT2D eigenvalue weighted by molar-refractivity contribution is 0.0939. The summed E-state index contributed by atoms with van der Waals surface area (Å²) < 4.78 is 11.0. The van der Waals surface area contributed by atoms with Crippen LogP contribution < -0.4 is 14.8 Å². The van der Waals surface area contributed by atoms with Crippen molar-refractivity contribution in [2.45, 2.75) is 26.3 Å². The van der Waals surface area contributed by atoms with Crippen LogP contribution in [0.3, 0.4) is 0 Å². The third kappa shape index (κ3) is 4.85. The lowest BCUT2D eigenvalue weighted by atomic mass is 10.1. The first-order valence-electron chi connectivity index (χ1n) is 9.14. The number of hydrogen-bond donors (Lipinski definition) is 1. The number of nitrogens with one attached hydrogen (secondary N) is 1. The molecule has 0 aliphatic heterocycles. The number of aromatic nitrogens is 2. The highest BCUT2D eigenvalue weighted by Gasteiger charge is 2.10. The van der Waals surface area contributed by atoms with E-state index in [-0.39, 0.29) is 11.9 Å². The van der Waals surface area contributed by atoms with Crippen molar-refractivity contribution in [3.63, 3.8) is 0 Å². The van der Waals surface area contributed by atoms with Crippen molar-refractivity contribution in [2.24, 2.45) is 0 Å². The maximum atomic E-state index is 12.2. The van der Waals surface area contributed by atoms with Gasteiger partial charge in [0.1, 0.15) is 17.8 Å². The van der Waals surface area contributed by atoms with E-state index in [9.17, 15) is 4.79 Å². The molecule has 0 spiro atoms. The zero-order valence-corrected chi connectivity index (χ0v) is 16.2. The summed E-state index contributed by atoms with van der Waals surface area (Å²) in [5.41, 5.74) is 2.20. The molecule has 2 aromatic carbocycles. The third-order valence-corrected chi connectivity index (χ3v) is 4.34. The van der Waals surface area contributed by atoms with Gasteiger partial charge in [0, 0.05) is 29.3 Å². The zero-order chi connectivity index (χ0) is 19.9. The maximum Gasteiger partial charge on any atom is 0.251 e. The molecule has 144 valence electrons. The van der Waals surface area contributed by atoms with Crippen molar-refractivity contribution < 1.29 is 14.3 Å². The molecule has 1 amide bonds. The molecule has 0 bridgehead atoms. The molecular weight excluding hydrogens is 354 g/mol. The third-order valence-electron chi connectivity index (χ3n) is 4.34. The Morgan fingerprint density at radius 1 is 1.07 bits per heavy atom. The van der Waals surface area contributed by atoms with Crippen molar-refractivity contribution in [1.82, 2.24) is 15.3 Å². The van der Waals surface area contributed by atoms with Gasteiger partial charge < -0.3 is 14.8 Å². The molecule has 28 heavy (non-hydrogen) atoms. The summed E-state index contributed by atoms with van der Waals surface area (Å²) in [6.45, 7) is 4.02. The fraction of sp³-hybridized carbons (Fsp3) is 0.227. The highest BCUT2D eigenvalue weighted by atomic mass is 16.5. The summed E-state index contributed by atoms with van der Waals surface area (Å²) >= 11 is 0. The van der Waals surface area contributed by atoms with Gasteiger partial charge >= 0.3 is 0 Å². The van der Waals surface area contributed by atoms with Crippen molar-refractivity contribution in [2.75, 3.05) is 7.11 Å². The molecule has 1 aromatic heterocycles. The van der Waals surface area contributed by atoms with Gasteiger partial charge in [0.15, 0.2) is 0 Å². The number of amides is 1. The molecule has 1 atom stereocenters. The Morgan fingerprint density at radius 3 is 2.54 bits per heavy atom. The smallest absolute Gasteiger partial charge is 0.251 e. The minimum absolute atomic E-state index is 0.0781. The second-order valence-electron chi connectivity index (χ2n) is 6.38. The Balaban J connectivity index is 1.75. The molecule has 0 saturated heterocycles. The van der Waals surface area contributed by atoms with E-state index in [0.717, 1.165) is 12.0 Å². The Hall–Kier alpha value is -3.41. The average Bonchev–Trinajstić information content (AvgIpc) is 2.74.